The number of allylic oxidation sites excluding steroid dienone is 1. The van der Waals surface area contributed by atoms with Crippen molar-refractivity contribution < 1.29 is 24.2 Å². The molecule has 5 rings (SSSR count). The first-order chi connectivity index (χ1) is 15.5. The van der Waals surface area contributed by atoms with Gasteiger partial charge in [0.2, 0.25) is 6.79 Å². The molecule has 0 radical (unpaired) electrons. The van der Waals surface area contributed by atoms with E-state index in [4.69, 9.17) is 9.47 Å². The molecule has 2 aliphatic heterocycles. The second kappa shape index (κ2) is 7.98. The van der Waals surface area contributed by atoms with Crippen LogP contribution in [0.1, 0.15) is 23.1 Å². The van der Waals surface area contributed by atoms with Crippen LogP contribution in [0.3, 0.4) is 0 Å². The van der Waals surface area contributed by atoms with Gasteiger partial charge >= 0.3 is 0 Å². The standard InChI is InChI=1S/C26H21NO5/c28-20(12-10-18-11-13-23-24(14-18)32-17-31-23)15-26(30)21-8-4-5-9-22(21)27(25(26)29)16-19-6-2-1-3-7-19/h1-14,30H,15-17H2. The van der Waals surface area contributed by atoms with Gasteiger partial charge in [0.25, 0.3) is 5.91 Å². The Kier molecular flexibility index (Phi) is 4.99. The van der Waals surface area contributed by atoms with Crippen molar-refractivity contribution >= 4 is 23.5 Å². The van der Waals surface area contributed by atoms with Crippen molar-refractivity contribution in [2.75, 3.05) is 11.7 Å². The number of hydrogen-bond donors (Lipinski definition) is 1. The Bertz CT molecular complexity index is 1220. The zero-order valence-electron chi connectivity index (χ0n) is 17.2. The molecule has 0 spiro atoms. The molecule has 2 aliphatic rings. The van der Waals surface area contributed by atoms with Crippen LogP contribution in [0, 0.1) is 0 Å². The average Bonchev–Trinajstić information content (AvgIpc) is 3.36. The number of rotatable bonds is 6. The molecule has 1 unspecified atom stereocenters. The number of benzene rings is 3. The average molecular weight is 427 g/mol. The first-order valence-electron chi connectivity index (χ1n) is 10.3. The van der Waals surface area contributed by atoms with Gasteiger partial charge in [0.15, 0.2) is 22.9 Å². The van der Waals surface area contributed by atoms with Crippen molar-refractivity contribution in [3.05, 3.63) is 95.6 Å². The van der Waals surface area contributed by atoms with Crippen LogP contribution in [-0.2, 0) is 21.7 Å². The molecule has 0 fully saturated rings. The summed E-state index contributed by atoms with van der Waals surface area (Å²) in [6.07, 6.45) is 2.68. The lowest BCUT2D eigenvalue weighted by molar-refractivity contribution is -0.140. The maximum absolute atomic E-state index is 13.3. The molecule has 0 saturated heterocycles. The highest BCUT2D eigenvalue weighted by molar-refractivity contribution is 6.10. The normalized spacial score (nSPS) is 18.9. The first kappa shape index (κ1) is 20.0. The lowest BCUT2D eigenvalue weighted by Gasteiger charge is -2.22. The Balaban J connectivity index is 1.37. The number of nitrogens with zero attached hydrogens (tertiary/aromatic N) is 1. The van der Waals surface area contributed by atoms with E-state index in [1.807, 2.05) is 42.5 Å². The molecule has 1 atom stereocenters. The van der Waals surface area contributed by atoms with Crippen LogP contribution in [0.25, 0.3) is 6.08 Å². The molecule has 6 nitrogen and oxygen atoms in total. The second-order valence-corrected chi connectivity index (χ2v) is 7.84. The van der Waals surface area contributed by atoms with E-state index < -0.39 is 11.5 Å². The van der Waals surface area contributed by atoms with Crippen LogP contribution in [-0.4, -0.2) is 23.6 Å². The van der Waals surface area contributed by atoms with E-state index in [1.165, 1.54) is 6.08 Å². The second-order valence-electron chi connectivity index (χ2n) is 7.84. The van der Waals surface area contributed by atoms with E-state index >= 15 is 0 Å². The molecule has 0 aromatic heterocycles. The predicted molar refractivity (Wildman–Crippen MR) is 119 cm³/mol. The molecule has 3 aromatic rings. The molecule has 0 aliphatic carbocycles. The Morgan fingerprint density at radius 3 is 2.59 bits per heavy atom. The van der Waals surface area contributed by atoms with E-state index in [1.54, 1.807) is 41.3 Å². The summed E-state index contributed by atoms with van der Waals surface area (Å²) in [5, 5.41) is 11.4. The topological polar surface area (TPSA) is 76.1 Å². The van der Waals surface area contributed by atoms with Crippen LogP contribution in [0.15, 0.2) is 78.9 Å². The maximum Gasteiger partial charge on any atom is 0.264 e. The zero-order chi connectivity index (χ0) is 22.1. The van der Waals surface area contributed by atoms with Crippen molar-refractivity contribution in [3.63, 3.8) is 0 Å². The molecule has 1 N–H and O–H groups in total. The molecule has 3 aromatic carbocycles. The van der Waals surface area contributed by atoms with E-state index in [0.29, 0.717) is 29.3 Å². The first-order valence-corrected chi connectivity index (χ1v) is 10.3. The van der Waals surface area contributed by atoms with Gasteiger partial charge in [-0.25, -0.2) is 0 Å². The number of amides is 1. The third-order valence-corrected chi connectivity index (χ3v) is 5.71. The Labute approximate surface area is 185 Å². The number of ketones is 1. The van der Waals surface area contributed by atoms with Crippen molar-refractivity contribution in [2.45, 2.75) is 18.6 Å². The van der Waals surface area contributed by atoms with Crippen molar-refractivity contribution in [1.82, 2.24) is 0 Å². The third-order valence-electron chi connectivity index (χ3n) is 5.71. The van der Waals surface area contributed by atoms with Gasteiger partial charge < -0.3 is 19.5 Å². The molecule has 6 heteroatoms. The minimum absolute atomic E-state index is 0.176. The number of ether oxygens (including phenoxy) is 2. The maximum atomic E-state index is 13.3. The van der Waals surface area contributed by atoms with E-state index in [-0.39, 0.29) is 19.0 Å². The van der Waals surface area contributed by atoms with E-state index in [2.05, 4.69) is 0 Å². The Hall–Kier alpha value is -3.90. The Morgan fingerprint density at radius 2 is 1.75 bits per heavy atom. The van der Waals surface area contributed by atoms with Gasteiger partial charge in [-0.3, -0.25) is 9.59 Å². The molecule has 160 valence electrons. The summed E-state index contributed by atoms with van der Waals surface area (Å²) in [6, 6.07) is 22.0. The summed E-state index contributed by atoms with van der Waals surface area (Å²) in [5.74, 6) is 0.436. The summed E-state index contributed by atoms with van der Waals surface area (Å²) in [6.45, 7) is 0.496. The number of hydrogen-bond acceptors (Lipinski definition) is 5. The highest BCUT2D eigenvalue weighted by Crippen LogP contribution is 2.43. The zero-order valence-corrected chi connectivity index (χ0v) is 17.2. The number of aliphatic hydroxyl groups is 1. The molecule has 0 bridgehead atoms. The Morgan fingerprint density at radius 1 is 1.00 bits per heavy atom. The van der Waals surface area contributed by atoms with Crippen molar-refractivity contribution in [2.24, 2.45) is 0 Å². The van der Waals surface area contributed by atoms with Gasteiger partial charge in [0.1, 0.15) is 0 Å². The van der Waals surface area contributed by atoms with Gasteiger partial charge in [0.05, 0.1) is 18.7 Å². The summed E-state index contributed by atoms with van der Waals surface area (Å²) in [4.78, 5) is 27.6. The van der Waals surface area contributed by atoms with Crippen LogP contribution in [0.5, 0.6) is 11.5 Å². The van der Waals surface area contributed by atoms with Crippen LogP contribution in [0.2, 0.25) is 0 Å². The number of anilines is 1. The predicted octanol–water partition coefficient (Wildman–Crippen LogP) is 3.82. The van der Waals surface area contributed by atoms with Crippen molar-refractivity contribution in [3.8, 4) is 11.5 Å². The quantitative estimate of drug-likeness (QED) is 0.606. The van der Waals surface area contributed by atoms with E-state index in [0.717, 1.165) is 11.1 Å². The SMILES string of the molecule is O=C(C=Cc1ccc2c(c1)OCO2)CC1(O)C(=O)N(Cc2ccccc2)c2ccccc21. The van der Waals surface area contributed by atoms with Gasteiger partial charge in [-0.05, 0) is 35.4 Å². The molecule has 2 heterocycles. The summed E-state index contributed by atoms with van der Waals surface area (Å²) in [7, 11) is 0. The fourth-order valence-electron chi connectivity index (χ4n) is 4.12. The number of carbonyl (C=O) groups is 2. The minimum Gasteiger partial charge on any atom is -0.454 e. The highest BCUT2D eigenvalue weighted by Gasteiger charge is 2.50. The van der Waals surface area contributed by atoms with E-state index in [9.17, 15) is 14.7 Å². The monoisotopic (exact) mass is 427 g/mol. The molecule has 32 heavy (non-hydrogen) atoms. The molecular formula is C26H21NO5. The summed E-state index contributed by atoms with van der Waals surface area (Å²) >= 11 is 0. The van der Waals surface area contributed by atoms with Gasteiger partial charge in [-0.1, -0.05) is 60.7 Å². The molecule has 1 amide bonds. The molecular weight excluding hydrogens is 406 g/mol. The smallest absolute Gasteiger partial charge is 0.264 e. The lowest BCUT2D eigenvalue weighted by Crippen LogP contribution is -2.41. The van der Waals surface area contributed by atoms with Gasteiger partial charge in [-0.2, -0.15) is 0 Å². The summed E-state index contributed by atoms with van der Waals surface area (Å²) < 4.78 is 10.6. The number of carbonyl (C=O) groups excluding carboxylic acids is 2. The van der Waals surface area contributed by atoms with Gasteiger partial charge in [0, 0.05) is 5.56 Å². The number of para-hydroxylation sites is 1. The fourth-order valence-corrected chi connectivity index (χ4v) is 4.12. The third kappa shape index (κ3) is 3.55. The van der Waals surface area contributed by atoms with Crippen LogP contribution in [0.4, 0.5) is 5.69 Å². The molecule has 0 saturated carbocycles. The summed E-state index contributed by atoms with van der Waals surface area (Å²) in [5.41, 5.74) is 0.872. The number of fused-ring (bicyclic) bond motifs is 2. The highest BCUT2D eigenvalue weighted by atomic mass is 16.7. The fraction of sp³-hybridized carbons (Fsp3) is 0.154. The largest absolute Gasteiger partial charge is 0.454 e. The minimum atomic E-state index is -1.90. The van der Waals surface area contributed by atoms with Crippen LogP contribution >= 0.6 is 0 Å². The van der Waals surface area contributed by atoms with Gasteiger partial charge in [-0.15, -0.1) is 0 Å². The van der Waals surface area contributed by atoms with Crippen molar-refractivity contribution in [1.29, 1.82) is 0 Å². The van der Waals surface area contributed by atoms with Crippen LogP contribution < -0.4 is 14.4 Å². The lowest BCUT2D eigenvalue weighted by atomic mass is 9.89.